The highest BCUT2D eigenvalue weighted by Gasteiger charge is 2.33. The van der Waals surface area contributed by atoms with Crippen LogP contribution in [0.2, 0.25) is 0 Å². The Morgan fingerprint density at radius 3 is 2.65 bits per heavy atom. The van der Waals surface area contributed by atoms with Gasteiger partial charge >= 0.3 is 6.18 Å². The predicted octanol–water partition coefficient (Wildman–Crippen LogP) is 1.42. The molecule has 1 heterocycles. The number of aromatic nitrogens is 1. The fourth-order valence-electron chi connectivity index (χ4n) is 1.63. The molecule has 0 fully saturated rings. The number of ether oxygens (including phenoxy) is 1. The van der Waals surface area contributed by atoms with Crippen LogP contribution in [-0.4, -0.2) is 43.5 Å². The Bertz CT molecular complexity index is 500. The number of aliphatic hydroxyl groups is 1. The van der Waals surface area contributed by atoms with E-state index in [9.17, 15) is 18.3 Å². The topological polar surface area (TPSA) is 69.4 Å². The molecule has 110 valence electrons. The number of aliphatic hydroxyl groups excluding tert-OH is 1. The first kappa shape index (κ1) is 16.2. The number of nitrogens with zero attached hydrogens (tertiary/aromatic N) is 3. The zero-order valence-corrected chi connectivity index (χ0v) is 11.0. The quantitative estimate of drug-likeness (QED) is 0.887. The lowest BCUT2D eigenvalue weighted by atomic mass is 10.2. The number of hydrogen-bond donors (Lipinski definition) is 1. The number of methoxy groups -OCH3 is 1. The van der Waals surface area contributed by atoms with Crippen LogP contribution in [0.3, 0.4) is 0 Å². The summed E-state index contributed by atoms with van der Waals surface area (Å²) in [6.45, 7) is 0.0298. The first-order chi connectivity index (χ1) is 9.29. The van der Waals surface area contributed by atoms with Crippen molar-refractivity contribution in [2.24, 2.45) is 0 Å². The number of hydrogen-bond acceptors (Lipinski definition) is 5. The fourth-order valence-corrected chi connectivity index (χ4v) is 1.63. The Morgan fingerprint density at radius 1 is 1.50 bits per heavy atom. The molecule has 1 N–H and O–H groups in total. The van der Waals surface area contributed by atoms with Crippen molar-refractivity contribution >= 4 is 5.82 Å². The molecule has 1 aromatic heterocycles. The lowest BCUT2D eigenvalue weighted by molar-refractivity contribution is -0.141. The molecule has 0 spiro atoms. The van der Waals surface area contributed by atoms with Crippen LogP contribution in [0.25, 0.3) is 0 Å². The third-order valence-electron chi connectivity index (χ3n) is 2.49. The molecule has 0 bridgehead atoms. The van der Waals surface area contributed by atoms with Gasteiger partial charge in [-0.15, -0.1) is 0 Å². The van der Waals surface area contributed by atoms with E-state index in [0.29, 0.717) is 0 Å². The summed E-state index contributed by atoms with van der Waals surface area (Å²) in [4.78, 5) is 4.74. The Hall–Kier alpha value is -1.85. The molecule has 1 aromatic rings. The van der Waals surface area contributed by atoms with Gasteiger partial charge in [0, 0.05) is 20.7 Å². The van der Waals surface area contributed by atoms with Gasteiger partial charge in [-0.3, -0.25) is 0 Å². The highest BCUT2D eigenvalue weighted by atomic mass is 19.4. The average Bonchev–Trinajstić information content (AvgIpc) is 2.37. The molecule has 0 saturated heterocycles. The molecule has 0 radical (unpaired) electrons. The maximum absolute atomic E-state index is 12.6. The van der Waals surface area contributed by atoms with Gasteiger partial charge in [-0.25, -0.2) is 4.98 Å². The Labute approximate surface area is 114 Å². The van der Waals surface area contributed by atoms with Gasteiger partial charge in [0.25, 0.3) is 0 Å². The summed E-state index contributed by atoms with van der Waals surface area (Å²) in [6.07, 6.45) is -5.48. The number of rotatable bonds is 5. The molecule has 5 nitrogen and oxygen atoms in total. The number of anilines is 1. The number of likely N-dealkylation sites (N-methyl/N-ethyl adjacent to an activating group) is 1. The molecule has 1 atom stereocenters. The first-order valence-electron chi connectivity index (χ1n) is 5.66. The zero-order chi connectivity index (χ0) is 15.3. The van der Waals surface area contributed by atoms with E-state index in [0.717, 1.165) is 12.1 Å². The van der Waals surface area contributed by atoms with E-state index in [4.69, 9.17) is 10.00 Å². The van der Waals surface area contributed by atoms with E-state index in [1.807, 2.05) is 0 Å². The first-order valence-corrected chi connectivity index (χ1v) is 5.66. The second kappa shape index (κ2) is 6.54. The molecule has 0 saturated carbocycles. The third kappa shape index (κ3) is 4.08. The molecule has 0 aliphatic rings. The second-order valence-corrected chi connectivity index (χ2v) is 4.17. The fraction of sp³-hybridized carbons (Fsp3) is 0.500. The summed E-state index contributed by atoms with van der Waals surface area (Å²) in [5, 5.41) is 18.5. The van der Waals surface area contributed by atoms with Crippen molar-refractivity contribution in [1.29, 1.82) is 5.26 Å². The van der Waals surface area contributed by atoms with Crippen LogP contribution in [0.15, 0.2) is 12.1 Å². The molecule has 20 heavy (non-hydrogen) atoms. The minimum atomic E-state index is -4.59. The maximum atomic E-state index is 12.6. The van der Waals surface area contributed by atoms with Gasteiger partial charge in [0.1, 0.15) is 17.6 Å². The van der Waals surface area contributed by atoms with E-state index in [-0.39, 0.29) is 24.5 Å². The van der Waals surface area contributed by atoms with Gasteiger partial charge in [-0.1, -0.05) is 0 Å². The van der Waals surface area contributed by atoms with E-state index < -0.39 is 18.0 Å². The third-order valence-corrected chi connectivity index (χ3v) is 2.49. The van der Waals surface area contributed by atoms with Crippen LogP contribution < -0.4 is 4.90 Å². The minimum Gasteiger partial charge on any atom is -0.389 e. The van der Waals surface area contributed by atoms with Crippen molar-refractivity contribution in [1.82, 2.24) is 4.98 Å². The molecule has 8 heteroatoms. The summed E-state index contributed by atoms with van der Waals surface area (Å²) in [5.74, 6) is -0.127. The molecule has 0 aliphatic carbocycles. The van der Waals surface area contributed by atoms with Gasteiger partial charge in [0.05, 0.1) is 18.3 Å². The highest BCUT2D eigenvalue weighted by Crippen LogP contribution is 2.30. The zero-order valence-electron chi connectivity index (χ0n) is 11.0. The summed E-state index contributed by atoms with van der Waals surface area (Å²) in [7, 11) is 2.84. The average molecular weight is 289 g/mol. The predicted molar refractivity (Wildman–Crippen MR) is 65.1 cm³/mol. The molecule has 0 unspecified atom stereocenters. The van der Waals surface area contributed by atoms with Crippen molar-refractivity contribution in [2.45, 2.75) is 12.3 Å². The summed E-state index contributed by atoms with van der Waals surface area (Å²) >= 11 is 0. The Kier molecular flexibility index (Phi) is 5.30. The van der Waals surface area contributed by atoms with Crippen LogP contribution in [0.1, 0.15) is 11.3 Å². The molecule has 0 aromatic carbocycles. The molecule has 0 amide bonds. The van der Waals surface area contributed by atoms with Crippen molar-refractivity contribution < 1.29 is 23.0 Å². The van der Waals surface area contributed by atoms with Crippen LogP contribution in [0.5, 0.6) is 0 Å². The summed E-state index contributed by atoms with van der Waals surface area (Å²) < 4.78 is 42.6. The standard InChI is InChI=1S/C12H14F3N3O2/c1-18(6-9(19)7-20-2)11-8(5-16)3-4-10(17-11)12(13,14)15/h3-4,9,19H,6-7H2,1-2H3/t9-/m0/s1. The molecular formula is C12H14F3N3O2. The number of halogens is 3. The van der Waals surface area contributed by atoms with Crippen LogP contribution in [0.4, 0.5) is 19.0 Å². The van der Waals surface area contributed by atoms with Gasteiger partial charge in [-0.2, -0.15) is 18.4 Å². The van der Waals surface area contributed by atoms with Gasteiger partial charge < -0.3 is 14.7 Å². The highest BCUT2D eigenvalue weighted by molar-refractivity contribution is 5.54. The van der Waals surface area contributed by atoms with Crippen LogP contribution in [-0.2, 0) is 10.9 Å². The number of pyridine rings is 1. The van der Waals surface area contributed by atoms with E-state index >= 15 is 0 Å². The van der Waals surface area contributed by atoms with Gasteiger partial charge in [-0.05, 0) is 12.1 Å². The van der Waals surface area contributed by atoms with Crippen molar-refractivity contribution in [2.75, 3.05) is 32.2 Å². The molecule has 1 rings (SSSR count). The van der Waals surface area contributed by atoms with Gasteiger partial charge in [0.15, 0.2) is 0 Å². The lowest BCUT2D eigenvalue weighted by Gasteiger charge is -2.23. The van der Waals surface area contributed by atoms with Crippen LogP contribution >= 0.6 is 0 Å². The molecular weight excluding hydrogens is 275 g/mol. The minimum absolute atomic E-state index is 0.00314. The van der Waals surface area contributed by atoms with E-state index in [2.05, 4.69) is 4.98 Å². The van der Waals surface area contributed by atoms with E-state index in [1.54, 1.807) is 6.07 Å². The van der Waals surface area contributed by atoms with Gasteiger partial charge in [0.2, 0.25) is 0 Å². The molecule has 0 aliphatic heterocycles. The van der Waals surface area contributed by atoms with Crippen molar-refractivity contribution in [3.8, 4) is 6.07 Å². The maximum Gasteiger partial charge on any atom is 0.433 e. The van der Waals surface area contributed by atoms with Crippen molar-refractivity contribution in [3.05, 3.63) is 23.4 Å². The summed E-state index contributed by atoms with van der Waals surface area (Å²) in [6, 6.07) is 3.59. The van der Waals surface area contributed by atoms with Crippen LogP contribution in [0, 0.1) is 11.3 Å². The van der Waals surface area contributed by atoms with Crippen molar-refractivity contribution in [3.63, 3.8) is 0 Å². The monoisotopic (exact) mass is 289 g/mol. The summed E-state index contributed by atoms with van der Waals surface area (Å²) in [5.41, 5.74) is -1.08. The van der Waals surface area contributed by atoms with E-state index in [1.165, 1.54) is 19.1 Å². The SMILES string of the molecule is COC[C@@H](O)CN(C)c1nc(C(F)(F)F)ccc1C#N. The lowest BCUT2D eigenvalue weighted by Crippen LogP contribution is -2.33. The largest absolute Gasteiger partial charge is 0.433 e. The Morgan fingerprint density at radius 2 is 2.15 bits per heavy atom. The normalized spacial score (nSPS) is 12.8. The Balaban J connectivity index is 3.05. The second-order valence-electron chi connectivity index (χ2n) is 4.17. The smallest absolute Gasteiger partial charge is 0.389 e. The number of alkyl halides is 3. The number of nitriles is 1.